The Morgan fingerprint density at radius 3 is 3.30 bits per heavy atom. The summed E-state index contributed by atoms with van der Waals surface area (Å²) >= 11 is 0. The molecule has 2 rings (SSSR count). The van der Waals surface area contributed by atoms with Crippen LogP contribution in [0.1, 0.15) is 0 Å². The van der Waals surface area contributed by atoms with E-state index in [1.54, 1.807) is 4.68 Å². The summed E-state index contributed by atoms with van der Waals surface area (Å²) in [4.78, 5) is 0. The van der Waals surface area contributed by atoms with Crippen LogP contribution < -0.4 is 0 Å². The van der Waals surface area contributed by atoms with Crippen LogP contribution in [0.4, 0.5) is 0 Å². The normalized spacial score (nSPS) is 10.5. The molecule has 1 aromatic carbocycles. The smallest absolute Gasteiger partial charge is 0.113 e. The summed E-state index contributed by atoms with van der Waals surface area (Å²) < 4.78 is 1.74. The quantitative estimate of drug-likeness (QED) is 0.530. The van der Waals surface area contributed by atoms with Crippen molar-refractivity contribution >= 4 is 11.0 Å². The lowest BCUT2D eigenvalue weighted by molar-refractivity contribution is 0.736. The molecule has 10 heavy (non-hydrogen) atoms. The highest BCUT2D eigenvalue weighted by Gasteiger charge is 1.96. The van der Waals surface area contributed by atoms with Crippen LogP contribution >= 0.6 is 0 Å². The van der Waals surface area contributed by atoms with Gasteiger partial charge in [-0.05, 0) is 18.2 Å². The molecule has 0 aliphatic carbocycles. The molecule has 0 aliphatic rings. The van der Waals surface area contributed by atoms with Gasteiger partial charge >= 0.3 is 0 Å². The molecular formula is C7H6N3. The zero-order valence-corrected chi connectivity index (χ0v) is 5.57. The number of benzene rings is 1. The summed E-state index contributed by atoms with van der Waals surface area (Å²) in [5, 5.41) is 7.74. The van der Waals surface area contributed by atoms with Gasteiger partial charge in [-0.15, -0.1) is 5.10 Å². The van der Waals surface area contributed by atoms with Gasteiger partial charge in [0.05, 0.1) is 5.52 Å². The molecule has 3 nitrogen and oxygen atoms in total. The fourth-order valence-electron chi connectivity index (χ4n) is 0.931. The van der Waals surface area contributed by atoms with Crippen molar-refractivity contribution in [2.75, 3.05) is 0 Å². The largest absolute Gasteiger partial charge is 0.248 e. The van der Waals surface area contributed by atoms with Gasteiger partial charge in [-0.25, -0.2) is 4.68 Å². The van der Waals surface area contributed by atoms with Crippen LogP contribution in [0.5, 0.6) is 0 Å². The molecule has 0 aliphatic heterocycles. The third-order valence-electron chi connectivity index (χ3n) is 1.46. The highest BCUT2D eigenvalue weighted by molar-refractivity contribution is 5.73. The van der Waals surface area contributed by atoms with Gasteiger partial charge in [-0.2, -0.15) is 0 Å². The summed E-state index contributed by atoms with van der Waals surface area (Å²) in [6.07, 6.45) is 0. The van der Waals surface area contributed by atoms with Crippen LogP contribution in [-0.2, 0) is 7.05 Å². The third kappa shape index (κ3) is 0.603. The molecule has 0 amide bonds. The van der Waals surface area contributed by atoms with Gasteiger partial charge in [0.15, 0.2) is 0 Å². The Morgan fingerprint density at radius 2 is 2.50 bits per heavy atom. The number of aromatic nitrogens is 3. The molecule has 1 heterocycles. The van der Waals surface area contributed by atoms with E-state index in [0.29, 0.717) is 0 Å². The number of hydrogen-bond acceptors (Lipinski definition) is 2. The standard InChI is InChI=1S/C7H6N3/c1-10-7-5-3-2-4-6(7)8-9-10/h3-5H,1H3. The van der Waals surface area contributed by atoms with E-state index in [1.165, 1.54) is 0 Å². The second kappa shape index (κ2) is 1.80. The monoisotopic (exact) mass is 132 g/mol. The van der Waals surface area contributed by atoms with Gasteiger partial charge in [0.1, 0.15) is 5.52 Å². The Kier molecular flexibility index (Phi) is 0.974. The maximum Gasteiger partial charge on any atom is 0.113 e. The second-order valence-electron chi connectivity index (χ2n) is 2.13. The van der Waals surface area contributed by atoms with Crippen molar-refractivity contribution in [3.8, 4) is 0 Å². The Labute approximate surface area is 58.3 Å². The lowest BCUT2D eigenvalue weighted by atomic mass is 10.3. The van der Waals surface area contributed by atoms with Crippen molar-refractivity contribution in [3.63, 3.8) is 0 Å². The molecule has 2 aromatic rings. The SMILES string of the molecule is Cn1nnc2c[c]ccc21. The molecule has 49 valence electrons. The minimum Gasteiger partial charge on any atom is -0.248 e. The molecule has 1 aromatic heterocycles. The topological polar surface area (TPSA) is 30.7 Å². The average molecular weight is 132 g/mol. The van der Waals surface area contributed by atoms with E-state index in [2.05, 4.69) is 16.4 Å². The summed E-state index contributed by atoms with van der Waals surface area (Å²) in [7, 11) is 1.87. The molecule has 3 heteroatoms. The zero-order chi connectivity index (χ0) is 6.97. The van der Waals surface area contributed by atoms with Crippen LogP contribution in [0.3, 0.4) is 0 Å². The number of aryl methyl sites for hydroxylation is 1. The first-order chi connectivity index (χ1) is 4.88. The van der Waals surface area contributed by atoms with Crippen LogP contribution in [0.2, 0.25) is 0 Å². The highest BCUT2D eigenvalue weighted by Crippen LogP contribution is 2.06. The predicted molar refractivity (Wildman–Crippen MR) is 37.3 cm³/mol. The molecule has 0 unspecified atom stereocenters. The Balaban J connectivity index is 2.93. The van der Waals surface area contributed by atoms with Crippen molar-refractivity contribution < 1.29 is 0 Å². The first-order valence-corrected chi connectivity index (χ1v) is 3.03. The van der Waals surface area contributed by atoms with E-state index in [4.69, 9.17) is 0 Å². The molecule has 0 saturated heterocycles. The maximum absolute atomic E-state index is 3.90. The molecule has 0 fully saturated rings. The fraction of sp³-hybridized carbons (Fsp3) is 0.143. The van der Waals surface area contributed by atoms with Crippen molar-refractivity contribution in [2.45, 2.75) is 0 Å². The zero-order valence-electron chi connectivity index (χ0n) is 5.57. The van der Waals surface area contributed by atoms with Crippen molar-refractivity contribution in [1.82, 2.24) is 15.0 Å². The first kappa shape index (κ1) is 5.41. The first-order valence-electron chi connectivity index (χ1n) is 3.03. The molecule has 0 bridgehead atoms. The summed E-state index contributed by atoms with van der Waals surface area (Å²) in [6, 6.07) is 8.55. The maximum atomic E-state index is 3.90. The molecular weight excluding hydrogens is 126 g/mol. The number of nitrogens with zero attached hydrogens (tertiary/aromatic N) is 3. The van der Waals surface area contributed by atoms with Crippen molar-refractivity contribution in [2.24, 2.45) is 7.05 Å². The van der Waals surface area contributed by atoms with Gasteiger partial charge in [0, 0.05) is 7.05 Å². The Bertz CT molecular complexity index is 350. The number of rotatable bonds is 0. The summed E-state index contributed by atoms with van der Waals surface area (Å²) in [5.74, 6) is 0. The minimum absolute atomic E-state index is 0.894. The molecule has 0 atom stereocenters. The van der Waals surface area contributed by atoms with Gasteiger partial charge in [0.2, 0.25) is 0 Å². The number of fused-ring (bicyclic) bond motifs is 1. The van der Waals surface area contributed by atoms with E-state index in [9.17, 15) is 0 Å². The van der Waals surface area contributed by atoms with E-state index in [1.807, 2.05) is 25.2 Å². The van der Waals surface area contributed by atoms with Gasteiger partial charge in [0.25, 0.3) is 0 Å². The third-order valence-corrected chi connectivity index (χ3v) is 1.46. The van der Waals surface area contributed by atoms with Crippen LogP contribution in [0.25, 0.3) is 11.0 Å². The Hall–Kier alpha value is -1.38. The summed E-state index contributed by atoms with van der Waals surface area (Å²) in [5.41, 5.74) is 1.93. The molecule has 0 saturated carbocycles. The van der Waals surface area contributed by atoms with Crippen LogP contribution in [-0.4, -0.2) is 15.0 Å². The van der Waals surface area contributed by atoms with E-state index in [0.717, 1.165) is 11.0 Å². The molecule has 0 spiro atoms. The van der Waals surface area contributed by atoms with Gasteiger partial charge < -0.3 is 0 Å². The molecule has 1 radical (unpaired) electrons. The fourth-order valence-corrected chi connectivity index (χ4v) is 0.931. The van der Waals surface area contributed by atoms with E-state index < -0.39 is 0 Å². The minimum atomic E-state index is 0.894. The van der Waals surface area contributed by atoms with E-state index >= 15 is 0 Å². The average Bonchev–Trinajstić information content (AvgIpc) is 2.34. The predicted octanol–water partition coefficient (Wildman–Crippen LogP) is 0.768. The summed E-state index contributed by atoms with van der Waals surface area (Å²) in [6.45, 7) is 0. The van der Waals surface area contributed by atoms with Crippen molar-refractivity contribution in [3.05, 3.63) is 24.3 Å². The molecule has 0 N–H and O–H groups in total. The van der Waals surface area contributed by atoms with Gasteiger partial charge in [-0.3, -0.25) is 0 Å². The van der Waals surface area contributed by atoms with Crippen LogP contribution in [0, 0.1) is 6.07 Å². The van der Waals surface area contributed by atoms with Gasteiger partial charge in [-0.1, -0.05) is 11.3 Å². The van der Waals surface area contributed by atoms with Crippen LogP contribution in [0.15, 0.2) is 18.2 Å². The Morgan fingerprint density at radius 1 is 1.60 bits per heavy atom. The number of hydrogen-bond donors (Lipinski definition) is 0. The highest BCUT2D eigenvalue weighted by atomic mass is 15.4. The van der Waals surface area contributed by atoms with Crippen molar-refractivity contribution in [1.29, 1.82) is 0 Å². The lowest BCUT2D eigenvalue weighted by Gasteiger charge is -1.87. The second-order valence-corrected chi connectivity index (χ2v) is 2.13. The van der Waals surface area contributed by atoms with E-state index in [-0.39, 0.29) is 0 Å². The lowest BCUT2D eigenvalue weighted by Crippen LogP contribution is -1.88.